The van der Waals surface area contributed by atoms with Crippen LogP contribution in [0.25, 0.3) is 89.6 Å². The SMILES string of the molecule is c1ccc(-c2cccc(-c3nc(-c4ccc5c(c4)-c4cc(-c6ccccc6)ncc4C54C5CC6CC7CC4C675)nc(-c4ccc5c(c4)oc4ccccc45)n3)c2)cc1. The fourth-order valence-electron chi connectivity index (χ4n) is 12.9. The van der Waals surface area contributed by atoms with Gasteiger partial charge in [0, 0.05) is 44.6 Å². The summed E-state index contributed by atoms with van der Waals surface area (Å²) in [6.07, 6.45) is 6.41. The lowest BCUT2D eigenvalue weighted by atomic mass is 9.11. The Kier molecular flexibility index (Phi) is 5.96. The predicted octanol–water partition coefficient (Wildman–Crippen LogP) is 12.4. The molecule has 4 fully saturated rings. The molecular weight excluding hydrogens is 709 g/mol. The van der Waals surface area contributed by atoms with Gasteiger partial charge in [0.2, 0.25) is 0 Å². The molecule has 5 heteroatoms. The van der Waals surface area contributed by atoms with Crippen LogP contribution in [0, 0.1) is 29.1 Å². The van der Waals surface area contributed by atoms with Crippen molar-refractivity contribution in [3.8, 4) is 67.7 Å². The lowest BCUT2D eigenvalue weighted by molar-refractivity contribution is -0.412. The summed E-state index contributed by atoms with van der Waals surface area (Å²) in [5, 5.41) is 2.18. The third-order valence-electron chi connectivity index (χ3n) is 15.3. The Bertz CT molecular complexity index is 3180. The molecule has 14 rings (SSSR count). The van der Waals surface area contributed by atoms with Crippen molar-refractivity contribution in [1.29, 1.82) is 0 Å². The molecule has 0 aliphatic heterocycles. The van der Waals surface area contributed by atoms with E-state index in [1.54, 1.807) is 0 Å². The molecule has 0 radical (unpaired) electrons. The second-order valence-corrected chi connectivity index (χ2v) is 17.4. The first-order chi connectivity index (χ1) is 28.7. The Morgan fingerprint density at radius 2 is 1.05 bits per heavy atom. The van der Waals surface area contributed by atoms with Gasteiger partial charge < -0.3 is 4.42 Å². The lowest BCUT2D eigenvalue weighted by Gasteiger charge is -2.92. The molecule has 3 heterocycles. The molecule has 4 atom stereocenters. The van der Waals surface area contributed by atoms with Gasteiger partial charge in [-0.25, -0.2) is 15.0 Å². The van der Waals surface area contributed by atoms with Gasteiger partial charge in [0.25, 0.3) is 0 Å². The summed E-state index contributed by atoms with van der Waals surface area (Å²) >= 11 is 0. The Hall–Kier alpha value is -6.72. The molecule has 5 aliphatic rings. The Morgan fingerprint density at radius 1 is 0.448 bits per heavy atom. The quantitative estimate of drug-likeness (QED) is 0.176. The Morgan fingerprint density at radius 3 is 1.81 bits per heavy atom. The number of aromatic nitrogens is 4. The van der Waals surface area contributed by atoms with E-state index in [4.69, 9.17) is 24.4 Å². The molecule has 0 saturated heterocycles. The van der Waals surface area contributed by atoms with Crippen molar-refractivity contribution >= 4 is 21.9 Å². The van der Waals surface area contributed by atoms with Crippen molar-refractivity contribution in [1.82, 2.24) is 19.9 Å². The van der Waals surface area contributed by atoms with Gasteiger partial charge >= 0.3 is 0 Å². The van der Waals surface area contributed by atoms with Crippen LogP contribution in [0.3, 0.4) is 0 Å². The predicted molar refractivity (Wildman–Crippen MR) is 229 cm³/mol. The minimum absolute atomic E-state index is 0.0636. The van der Waals surface area contributed by atoms with Crippen LogP contribution in [0.1, 0.15) is 30.4 Å². The molecule has 3 aromatic heterocycles. The molecule has 58 heavy (non-hydrogen) atoms. The smallest absolute Gasteiger partial charge is 0.164 e. The van der Waals surface area contributed by atoms with Crippen LogP contribution in [-0.2, 0) is 5.41 Å². The highest BCUT2D eigenvalue weighted by Gasteiger charge is 2.90. The van der Waals surface area contributed by atoms with E-state index in [1.165, 1.54) is 41.5 Å². The summed E-state index contributed by atoms with van der Waals surface area (Å²) in [5.41, 5.74) is 15.2. The van der Waals surface area contributed by atoms with Gasteiger partial charge in [-0.3, -0.25) is 4.98 Å². The van der Waals surface area contributed by atoms with E-state index in [0.717, 1.165) is 84.7 Å². The normalized spacial score (nSPS) is 25.2. The van der Waals surface area contributed by atoms with Crippen molar-refractivity contribution in [2.75, 3.05) is 0 Å². The first-order valence-electron chi connectivity index (χ1n) is 20.7. The average Bonchev–Trinajstić information content (AvgIpc) is 3.78. The van der Waals surface area contributed by atoms with Gasteiger partial charge in [-0.05, 0) is 118 Å². The Balaban J connectivity index is 0.956. The van der Waals surface area contributed by atoms with Crippen LogP contribution in [0.4, 0.5) is 0 Å². The number of furan rings is 1. The van der Waals surface area contributed by atoms with Gasteiger partial charge in [0.05, 0.1) is 5.69 Å². The minimum Gasteiger partial charge on any atom is -0.456 e. The van der Waals surface area contributed by atoms with Crippen LogP contribution in [0.2, 0.25) is 0 Å². The summed E-state index contributed by atoms with van der Waals surface area (Å²) in [7, 11) is 0. The van der Waals surface area contributed by atoms with Crippen molar-refractivity contribution in [3.63, 3.8) is 0 Å². The fraction of sp³-hybridized carbons (Fsp3) is 0.170. The monoisotopic (exact) mass is 744 g/mol. The summed E-state index contributed by atoms with van der Waals surface area (Å²) in [5.74, 6) is 5.24. The number of rotatable bonds is 5. The lowest BCUT2D eigenvalue weighted by Crippen LogP contribution is -2.88. The van der Waals surface area contributed by atoms with Gasteiger partial charge in [0.1, 0.15) is 11.2 Å². The van der Waals surface area contributed by atoms with Crippen molar-refractivity contribution in [3.05, 3.63) is 169 Å². The molecule has 0 amide bonds. The molecule has 9 aromatic rings. The van der Waals surface area contributed by atoms with Gasteiger partial charge in [0.15, 0.2) is 17.5 Å². The summed E-state index contributed by atoms with van der Waals surface area (Å²) in [6.45, 7) is 0. The number of benzene rings is 6. The van der Waals surface area contributed by atoms with Crippen LogP contribution < -0.4 is 0 Å². The third kappa shape index (κ3) is 3.83. The second-order valence-electron chi connectivity index (χ2n) is 17.4. The maximum Gasteiger partial charge on any atom is 0.164 e. The van der Waals surface area contributed by atoms with E-state index >= 15 is 0 Å². The Labute approximate surface area is 335 Å². The van der Waals surface area contributed by atoms with E-state index in [0.29, 0.717) is 22.9 Å². The molecule has 2 spiro atoms. The molecule has 6 aromatic carbocycles. The second kappa shape index (κ2) is 11.0. The zero-order valence-corrected chi connectivity index (χ0v) is 31.6. The first kappa shape index (κ1) is 31.4. The molecular formula is C53H36N4O. The van der Waals surface area contributed by atoms with Crippen LogP contribution in [-0.4, -0.2) is 19.9 Å². The molecule has 4 unspecified atom stereocenters. The van der Waals surface area contributed by atoms with Crippen molar-refractivity contribution < 1.29 is 4.42 Å². The van der Waals surface area contributed by atoms with Crippen LogP contribution in [0.15, 0.2) is 162 Å². The standard InChI is InChI=1S/C53H36N4O/c1-3-10-30(11-4-1)32-14-9-15-33(22-32)49-55-50(57-51(56-49)35-18-20-39-38-16-7-8-17-45(38)58-46(39)24-35)34-19-21-42-40(23-34)41-28-44(31-12-5-2-6-13-31)54-29-43(41)53(42)47-26-36-25-37-27-48(53)52(36,37)47/h1-24,28-29,36-37,47-48H,25-27H2. The maximum absolute atomic E-state index is 6.34. The molecule has 0 bridgehead atoms. The number of pyridine rings is 1. The zero-order valence-electron chi connectivity index (χ0n) is 31.6. The summed E-state index contributed by atoms with van der Waals surface area (Å²) in [4.78, 5) is 20.9. The largest absolute Gasteiger partial charge is 0.456 e. The number of fused-ring (bicyclic) bond motifs is 10. The van der Waals surface area contributed by atoms with E-state index in [9.17, 15) is 0 Å². The van der Waals surface area contributed by atoms with E-state index < -0.39 is 0 Å². The molecule has 274 valence electrons. The van der Waals surface area contributed by atoms with Gasteiger partial charge in [-0.15, -0.1) is 0 Å². The van der Waals surface area contributed by atoms with Crippen molar-refractivity contribution in [2.24, 2.45) is 29.1 Å². The number of hydrogen-bond donors (Lipinski definition) is 0. The summed E-state index contributed by atoms with van der Waals surface area (Å²) in [6, 6.07) is 53.6. The van der Waals surface area contributed by atoms with Gasteiger partial charge in [-0.1, -0.05) is 115 Å². The summed E-state index contributed by atoms with van der Waals surface area (Å²) < 4.78 is 6.34. The third-order valence-corrected chi connectivity index (χ3v) is 15.3. The van der Waals surface area contributed by atoms with Crippen molar-refractivity contribution in [2.45, 2.75) is 24.7 Å². The maximum atomic E-state index is 6.34. The molecule has 4 saturated carbocycles. The number of hydrogen-bond acceptors (Lipinski definition) is 5. The molecule has 5 aliphatic carbocycles. The minimum atomic E-state index is 0.0636. The molecule has 0 N–H and O–H groups in total. The van der Waals surface area contributed by atoms with E-state index in [-0.39, 0.29) is 5.41 Å². The first-order valence-corrected chi connectivity index (χ1v) is 20.7. The van der Waals surface area contributed by atoms with E-state index in [1.807, 2.05) is 12.1 Å². The number of nitrogens with zero attached hydrogens (tertiary/aromatic N) is 4. The topological polar surface area (TPSA) is 64.7 Å². The fourth-order valence-corrected chi connectivity index (χ4v) is 12.9. The van der Waals surface area contributed by atoms with Crippen LogP contribution >= 0.6 is 0 Å². The zero-order chi connectivity index (χ0) is 37.7. The highest BCUT2D eigenvalue weighted by atomic mass is 16.3. The highest BCUT2D eigenvalue weighted by molar-refractivity contribution is 6.05. The van der Waals surface area contributed by atoms with Gasteiger partial charge in [-0.2, -0.15) is 0 Å². The van der Waals surface area contributed by atoms with E-state index in [2.05, 4.69) is 146 Å². The molecule has 5 nitrogen and oxygen atoms in total. The highest BCUT2D eigenvalue weighted by Crippen LogP contribution is 2.94. The number of para-hydroxylation sites is 1. The average molecular weight is 745 g/mol. The van der Waals surface area contributed by atoms with Crippen LogP contribution in [0.5, 0.6) is 0 Å².